The summed E-state index contributed by atoms with van der Waals surface area (Å²) in [5, 5.41) is 0. The maximum Gasteiger partial charge on any atom is 0.127 e. The van der Waals surface area contributed by atoms with Gasteiger partial charge in [-0.15, -0.1) is 0 Å². The van der Waals surface area contributed by atoms with E-state index in [0.717, 1.165) is 23.7 Å². The first kappa shape index (κ1) is 13.2. The molecule has 2 rings (SSSR count). The second kappa shape index (κ2) is 6.10. The Kier molecular flexibility index (Phi) is 4.48. The van der Waals surface area contributed by atoms with Crippen molar-refractivity contribution in [1.82, 2.24) is 0 Å². The lowest BCUT2D eigenvalue weighted by Gasteiger charge is -2.18. The second-order valence-corrected chi connectivity index (χ2v) is 5.12. The van der Waals surface area contributed by atoms with Gasteiger partial charge in [-0.25, -0.2) is 0 Å². The van der Waals surface area contributed by atoms with Gasteiger partial charge in [0.2, 0.25) is 0 Å². The highest BCUT2D eigenvalue weighted by Gasteiger charge is 2.18. The Bertz CT molecular complexity index is 384. The van der Waals surface area contributed by atoms with E-state index in [1.807, 2.05) is 25.1 Å². The molecule has 0 aliphatic heterocycles. The van der Waals surface area contributed by atoms with Gasteiger partial charge in [-0.05, 0) is 37.8 Å². The fourth-order valence-corrected chi connectivity index (χ4v) is 2.66. The van der Waals surface area contributed by atoms with E-state index in [4.69, 9.17) is 15.2 Å². The van der Waals surface area contributed by atoms with Crippen LogP contribution >= 0.6 is 0 Å². The van der Waals surface area contributed by atoms with Crippen LogP contribution in [0, 0.1) is 5.92 Å². The van der Waals surface area contributed by atoms with Crippen molar-refractivity contribution in [2.24, 2.45) is 11.7 Å². The van der Waals surface area contributed by atoms with Crippen molar-refractivity contribution >= 4 is 0 Å². The van der Waals surface area contributed by atoms with Gasteiger partial charge < -0.3 is 15.2 Å². The van der Waals surface area contributed by atoms with E-state index < -0.39 is 0 Å². The minimum absolute atomic E-state index is 0.0836. The number of nitrogens with two attached hydrogens (primary N) is 1. The van der Waals surface area contributed by atoms with E-state index in [0.29, 0.717) is 5.92 Å². The quantitative estimate of drug-likeness (QED) is 0.871. The lowest BCUT2D eigenvalue weighted by molar-refractivity contribution is 0.247. The molecule has 1 aromatic rings. The summed E-state index contributed by atoms with van der Waals surface area (Å²) in [6.07, 6.45) is 5.26. The number of rotatable bonds is 5. The van der Waals surface area contributed by atoms with Crippen molar-refractivity contribution in [3.05, 3.63) is 23.8 Å². The van der Waals surface area contributed by atoms with Crippen molar-refractivity contribution in [1.29, 1.82) is 0 Å². The molecular formula is C15H23NO2. The Morgan fingerprint density at radius 2 is 1.94 bits per heavy atom. The fourth-order valence-electron chi connectivity index (χ4n) is 2.66. The lowest BCUT2D eigenvalue weighted by Crippen LogP contribution is -2.13. The first-order valence-corrected chi connectivity index (χ1v) is 6.77. The van der Waals surface area contributed by atoms with Gasteiger partial charge in [0.05, 0.1) is 19.3 Å². The van der Waals surface area contributed by atoms with Crippen molar-refractivity contribution in [2.45, 2.75) is 38.6 Å². The molecule has 1 saturated carbocycles. The van der Waals surface area contributed by atoms with Crippen LogP contribution in [0.25, 0.3) is 0 Å². The van der Waals surface area contributed by atoms with Crippen LogP contribution < -0.4 is 15.2 Å². The zero-order valence-corrected chi connectivity index (χ0v) is 11.3. The van der Waals surface area contributed by atoms with Gasteiger partial charge in [-0.1, -0.05) is 18.9 Å². The monoisotopic (exact) mass is 249 g/mol. The molecule has 0 unspecified atom stereocenters. The average molecular weight is 249 g/mol. The minimum Gasteiger partial charge on any atom is -0.496 e. The van der Waals surface area contributed by atoms with Gasteiger partial charge >= 0.3 is 0 Å². The third kappa shape index (κ3) is 2.96. The summed E-state index contributed by atoms with van der Waals surface area (Å²) in [5.41, 5.74) is 6.99. The molecule has 0 spiro atoms. The van der Waals surface area contributed by atoms with Crippen LogP contribution in [0.5, 0.6) is 11.5 Å². The molecule has 1 aromatic carbocycles. The van der Waals surface area contributed by atoms with Crippen LogP contribution in [0.15, 0.2) is 18.2 Å². The predicted octanol–water partition coefficient (Wildman–Crippen LogP) is 3.28. The molecule has 1 atom stereocenters. The second-order valence-electron chi connectivity index (χ2n) is 5.12. The van der Waals surface area contributed by atoms with Gasteiger partial charge in [0.15, 0.2) is 0 Å². The number of methoxy groups -OCH3 is 1. The third-order valence-corrected chi connectivity index (χ3v) is 3.65. The van der Waals surface area contributed by atoms with Crippen molar-refractivity contribution in [2.75, 3.05) is 13.7 Å². The number of hydrogen-bond donors (Lipinski definition) is 1. The highest BCUT2D eigenvalue weighted by atomic mass is 16.5. The molecule has 100 valence electrons. The molecular weight excluding hydrogens is 226 g/mol. The maximum absolute atomic E-state index is 6.01. The summed E-state index contributed by atoms with van der Waals surface area (Å²) in [4.78, 5) is 0. The highest BCUT2D eigenvalue weighted by Crippen LogP contribution is 2.34. The molecule has 3 heteroatoms. The van der Waals surface area contributed by atoms with E-state index >= 15 is 0 Å². The summed E-state index contributed by atoms with van der Waals surface area (Å²) in [5.74, 6) is 2.39. The SMILES string of the molecule is COc1cccc(OCC2CCCC2)c1[C@@H](C)N. The average Bonchev–Trinajstić information content (AvgIpc) is 2.88. The van der Waals surface area contributed by atoms with Crippen LogP contribution in [-0.2, 0) is 0 Å². The normalized spacial score (nSPS) is 17.7. The number of benzene rings is 1. The van der Waals surface area contributed by atoms with Crippen molar-refractivity contribution in [3.63, 3.8) is 0 Å². The lowest BCUT2D eigenvalue weighted by atomic mass is 10.1. The van der Waals surface area contributed by atoms with Crippen molar-refractivity contribution < 1.29 is 9.47 Å². The number of ether oxygens (including phenoxy) is 2. The minimum atomic E-state index is -0.0836. The van der Waals surface area contributed by atoms with Crippen LogP contribution in [-0.4, -0.2) is 13.7 Å². The van der Waals surface area contributed by atoms with E-state index in [1.165, 1.54) is 25.7 Å². The Hall–Kier alpha value is -1.22. The van der Waals surface area contributed by atoms with Crippen LogP contribution in [0.3, 0.4) is 0 Å². The van der Waals surface area contributed by atoms with Gasteiger partial charge in [-0.2, -0.15) is 0 Å². The largest absolute Gasteiger partial charge is 0.496 e. The smallest absolute Gasteiger partial charge is 0.127 e. The molecule has 0 aromatic heterocycles. The topological polar surface area (TPSA) is 44.5 Å². The van der Waals surface area contributed by atoms with Crippen LogP contribution in [0.4, 0.5) is 0 Å². The zero-order chi connectivity index (χ0) is 13.0. The molecule has 0 saturated heterocycles. The molecule has 18 heavy (non-hydrogen) atoms. The molecule has 1 aliphatic rings. The fraction of sp³-hybridized carbons (Fsp3) is 0.600. The summed E-state index contributed by atoms with van der Waals surface area (Å²) >= 11 is 0. The Morgan fingerprint density at radius 3 is 2.56 bits per heavy atom. The Morgan fingerprint density at radius 1 is 1.28 bits per heavy atom. The molecule has 0 bridgehead atoms. The molecule has 1 aliphatic carbocycles. The molecule has 0 amide bonds. The summed E-state index contributed by atoms with van der Waals surface area (Å²) in [6, 6.07) is 5.78. The van der Waals surface area contributed by atoms with Gasteiger partial charge in [0.25, 0.3) is 0 Å². The third-order valence-electron chi connectivity index (χ3n) is 3.65. The van der Waals surface area contributed by atoms with E-state index in [1.54, 1.807) is 7.11 Å². The van der Waals surface area contributed by atoms with Crippen LogP contribution in [0.2, 0.25) is 0 Å². The van der Waals surface area contributed by atoms with E-state index in [-0.39, 0.29) is 6.04 Å². The predicted molar refractivity (Wildman–Crippen MR) is 73.0 cm³/mol. The molecule has 1 fully saturated rings. The van der Waals surface area contributed by atoms with Gasteiger partial charge in [0.1, 0.15) is 11.5 Å². The maximum atomic E-state index is 6.01. The first-order valence-electron chi connectivity index (χ1n) is 6.77. The van der Waals surface area contributed by atoms with Gasteiger partial charge in [-0.3, -0.25) is 0 Å². The number of hydrogen-bond acceptors (Lipinski definition) is 3. The summed E-state index contributed by atoms with van der Waals surface area (Å²) in [7, 11) is 1.67. The van der Waals surface area contributed by atoms with Crippen molar-refractivity contribution in [3.8, 4) is 11.5 Å². The highest BCUT2D eigenvalue weighted by molar-refractivity contribution is 5.46. The Balaban J connectivity index is 2.10. The molecule has 3 nitrogen and oxygen atoms in total. The Labute approximate surface area is 109 Å². The molecule has 0 radical (unpaired) electrons. The zero-order valence-electron chi connectivity index (χ0n) is 11.3. The summed E-state index contributed by atoms with van der Waals surface area (Å²) in [6.45, 7) is 2.76. The van der Waals surface area contributed by atoms with E-state index in [2.05, 4.69) is 0 Å². The van der Waals surface area contributed by atoms with Gasteiger partial charge in [0, 0.05) is 6.04 Å². The van der Waals surface area contributed by atoms with Crippen LogP contribution in [0.1, 0.15) is 44.2 Å². The standard InChI is InChI=1S/C15H23NO2/c1-11(16)15-13(17-2)8-5-9-14(15)18-10-12-6-3-4-7-12/h5,8-9,11-12H,3-4,6-7,10,16H2,1-2H3/t11-/m1/s1. The summed E-state index contributed by atoms with van der Waals surface area (Å²) < 4.78 is 11.3. The molecule has 2 N–H and O–H groups in total. The van der Waals surface area contributed by atoms with E-state index in [9.17, 15) is 0 Å². The first-order chi connectivity index (χ1) is 8.72. The molecule has 0 heterocycles.